The van der Waals surface area contributed by atoms with E-state index in [0.29, 0.717) is 26.3 Å². The molecule has 1 aliphatic rings. The maximum Gasteiger partial charge on any atom is 0.248 e. The molecule has 1 aromatic rings. The number of ether oxygens (including phenoxy) is 3. The van der Waals surface area contributed by atoms with E-state index in [-0.39, 0.29) is 18.6 Å². The lowest BCUT2D eigenvalue weighted by Gasteiger charge is -2.33. The molecule has 2 rings (SSSR count). The topological polar surface area (TPSA) is 48.0 Å². The van der Waals surface area contributed by atoms with Crippen molar-refractivity contribution in [2.45, 2.75) is 19.4 Å². The van der Waals surface area contributed by atoms with Gasteiger partial charge >= 0.3 is 0 Å². The van der Waals surface area contributed by atoms with E-state index in [4.69, 9.17) is 14.2 Å². The predicted octanol–water partition coefficient (Wildman–Crippen LogP) is 1.50. The van der Waals surface area contributed by atoms with Gasteiger partial charge in [0.05, 0.1) is 19.8 Å². The van der Waals surface area contributed by atoms with Crippen LogP contribution in [0.2, 0.25) is 0 Å². The van der Waals surface area contributed by atoms with Crippen molar-refractivity contribution in [1.82, 2.24) is 4.90 Å². The van der Waals surface area contributed by atoms with Crippen molar-refractivity contribution in [1.29, 1.82) is 0 Å². The zero-order chi connectivity index (χ0) is 15.1. The molecule has 5 heteroatoms. The van der Waals surface area contributed by atoms with Crippen LogP contribution >= 0.6 is 0 Å². The summed E-state index contributed by atoms with van der Waals surface area (Å²) in [6, 6.07) is 7.94. The molecule has 0 spiro atoms. The Hall–Kier alpha value is -1.59. The SMILES string of the molecule is CCOCC(=O)N1CCO[C@H](Cc2ccc(OC)cc2)C1. The van der Waals surface area contributed by atoms with Crippen molar-refractivity contribution in [2.24, 2.45) is 0 Å². The van der Waals surface area contributed by atoms with Crippen molar-refractivity contribution in [3.8, 4) is 5.75 Å². The molecule has 0 aliphatic carbocycles. The minimum absolute atomic E-state index is 0.0396. The number of morpholine rings is 1. The molecule has 0 unspecified atom stereocenters. The lowest BCUT2D eigenvalue weighted by molar-refractivity contribution is -0.143. The van der Waals surface area contributed by atoms with Crippen LogP contribution in [0.4, 0.5) is 0 Å². The van der Waals surface area contributed by atoms with E-state index in [9.17, 15) is 4.79 Å². The maximum atomic E-state index is 12.0. The summed E-state index contributed by atoms with van der Waals surface area (Å²) in [5, 5.41) is 0. The molecule has 0 aromatic heterocycles. The largest absolute Gasteiger partial charge is 0.497 e. The number of nitrogens with zero attached hydrogens (tertiary/aromatic N) is 1. The molecule has 1 atom stereocenters. The quantitative estimate of drug-likeness (QED) is 0.797. The van der Waals surface area contributed by atoms with E-state index in [2.05, 4.69) is 0 Å². The van der Waals surface area contributed by atoms with Crippen LogP contribution in [0.3, 0.4) is 0 Å². The minimum atomic E-state index is 0.0396. The molecule has 0 radical (unpaired) electrons. The second-order valence-corrected chi connectivity index (χ2v) is 5.02. The van der Waals surface area contributed by atoms with Crippen LogP contribution < -0.4 is 4.74 Å². The standard InChI is InChI=1S/C16H23NO4/c1-3-20-12-16(18)17-8-9-21-15(11-17)10-13-4-6-14(19-2)7-5-13/h4-7,15H,3,8-12H2,1-2H3/t15-/m1/s1. The Bertz CT molecular complexity index is 446. The van der Waals surface area contributed by atoms with Crippen LogP contribution in [0.5, 0.6) is 5.75 Å². The molecule has 0 N–H and O–H groups in total. The third-order valence-electron chi connectivity index (χ3n) is 3.54. The first-order valence-corrected chi connectivity index (χ1v) is 7.33. The second-order valence-electron chi connectivity index (χ2n) is 5.02. The Kier molecular flexibility index (Phi) is 6.02. The summed E-state index contributed by atoms with van der Waals surface area (Å²) in [5.74, 6) is 0.886. The lowest BCUT2D eigenvalue weighted by Crippen LogP contribution is -2.47. The summed E-state index contributed by atoms with van der Waals surface area (Å²) >= 11 is 0. The number of hydrogen-bond acceptors (Lipinski definition) is 4. The summed E-state index contributed by atoms with van der Waals surface area (Å²) in [7, 11) is 1.65. The van der Waals surface area contributed by atoms with E-state index >= 15 is 0 Å². The molecular formula is C16H23NO4. The highest BCUT2D eigenvalue weighted by Gasteiger charge is 2.24. The summed E-state index contributed by atoms with van der Waals surface area (Å²) in [4.78, 5) is 13.8. The smallest absolute Gasteiger partial charge is 0.248 e. The third kappa shape index (κ3) is 4.72. The van der Waals surface area contributed by atoms with Crippen LogP contribution in [0.15, 0.2) is 24.3 Å². The fraction of sp³-hybridized carbons (Fsp3) is 0.562. The average Bonchev–Trinajstić information content (AvgIpc) is 2.53. The highest BCUT2D eigenvalue weighted by atomic mass is 16.5. The van der Waals surface area contributed by atoms with Gasteiger partial charge in [-0.25, -0.2) is 0 Å². The van der Waals surface area contributed by atoms with Crippen molar-refractivity contribution in [3.05, 3.63) is 29.8 Å². The van der Waals surface area contributed by atoms with E-state index in [1.165, 1.54) is 5.56 Å². The number of hydrogen-bond donors (Lipinski definition) is 0. The highest BCUT2D eigenvalue weighted by molar-refractivity contribution is 5.77. The Morgan fingerprint density at radius 1 is 1.38 bits per heavy atom. The van der Waals surface area contributed by atoms with Gasteiger partial charge in [-0.3, -0.25) is 4.79 Å². The molecule has 1 heterocycles. The van der Waals surface area contributed by atoms with Crippen molar-refractivity contribution in [3.63, 3.8) is 0 Å². The molecule has 1 saturated heterocycles. The van der Waals surface area contributed by atoms with Crippen molar-refractivity contribution < 1.29 is 19.0 Å². The van der Waals surface area contributed by atoms with Crippen LogP contribution in [-0.2, 0) is 20.7 Å². The second kappa shape index (κ2) is 8.00. The minimum Gasteiger partial charge on any atom is -0.497 e. The molecule has 116 valence electrons. The van der Waals surface area contributed by atoms with Gasteiger partial charge in [-0.1, -0.05) is 12.1 Å². The zero-order valence-corrected chi connectivity index (χ0v) is 12.7. The Labute approximate surface area is 125 Å². The fourth-order valence-electron chi connectivity index (χ4n) is 2.37. The first-order chi connectivity index (χ1) is 10.2. The molecule has 5 nitrogen and oxygen atoms in total. The van der Waals surface area contributed by atoms with Gasteiger partial charge in [0.1, 0.15) is 12.4 Å². The molecule has 1 amide bonds. The number of carbonyl (C=O) groups excluding carboxylic acids is 1. The Morgan fingerprint density at radius 2 is 2.14 bits per heavy atom. The lowest BCUT2D eigenvalue weighted by atomic mass is 10.1. The van der Waals surface area contributed by atoms with Gasteiger partial charge in [-0.05, 0) is 24.6 Å². The molecule has 0 bridgehead atoms. The number of carbonyl (C=O) groups is 1. The number of methoxy groups -OCH3 is 1. The highest BCUT2D eigenvalue weighted by Crippen LogP contribution is 2.16. The van der Waals surface area contributed by atoms with Crippen LogP contribution in [0, 0.1) is 0 Å². The van der Waals surface area contributed by atoms with E-state index in [1.807, 2.05) is 36.1 Å². The van der Waals surface area contributed by atoms with Crippen molar-refractivity contribution >= 4 is 5.91 Å². The van der Waals surface area contributed by atoms with Crippen LogP contribution in [0.25, 0.3) is 0 Å². The van der Waals surface area contributed by atoms with Gasteiger partial charge in [-0.15, -0.1) is 0 Å². The molecule has 1 aliphatic heterocycles. The summed E-state index contributed by atoms with van der Waals surface area (Å²) < 4.78 is 16.1. The first-order valence-electron chi connectivity index (χ1n) is 7.33. The first kappa shape index (κ1) is 15.8. The predicted molar refractivity (Wildman–Crippen MR) is 79.5 cm³/mol. The molecular weight excluding hydrogens is 270 g/mol. The third-order valence-corrected chi connectivity index (χ3v) is 3.54. The number of amides is 1. The zero-order valence-electron chi connectivity index (χ0n) is 12.7. The van der Waals surface area contributed by atoms with Gasteiger partial charge in [0.2, 0.25) is 5.91 Å². The van der Waals surface area contributed by atoms with Gasteiger partial charge < -0.3 is 19.1 Å². The Morgan fingerprint density at radius 3 is 2.81 bits per heavy atom. The monoisotopic (exact) mass is 293 g/mol. The number of benzene rings is 1. The molecule has 21 heavy (non-hydrogen) atoms. The van der Waals surface area contributed by atoms with Gasteiger partial charge in [0.15, 0.2) is 0 Å². The van der Waals surface area contributed by atoms with Crippen LogP contribution in [0.1, 0.15) is 12.5 Å². The number of rotatable bonds is 6. The molecule has 1 fully saturated rings. The average molecular weight is 293 g/mol. The Balaban J connectivity index is 1.86. The maximum absolute atomic E-state index is 12.0. The fourth-order valence-corrected chi connectivity index (χ4v) is 2.37. The van der Waals surface area contributed by atoms with E-state index in [1.54, 1.807) is 7.11 Å². The normalized spacial score (nSPS) is 18.6. The summed E-state index contributed by atoms with van der Waals surface area (Å²) in [5.41, 5.74) is 1.18. The summed E-state index contributed by atoms with van der Waals surface area (Å²) in [6.45, 7) is 4.46. The molecule has 1 aromatic carbocycles. The van der Waals surface area contributed by atoms with E-state index < -0.39 is 0 Å². The van der Waals surface area contributed by atoms with Gasteiger partial charge in [-0.2, -0.15) is 0 Å². The van der Waals surface area contributed by atoms with Crippen LogP contribution in [-0.4, -0.2) is 56.9 Å². The molecule has 0 saturated carbocycles. The van der Waals surface area contributed by atoms with Gasteiger partial charge in [0.25, 0.3) is 0 Å². The summed E-state index contributed by atoms with van der Waals surface area (Å²) in [6.07, 6.45) is 0.834. The van der Waals surface area contributed by atoms with Gasteiger partial charge in [0, 0.05) is 26.1 Å². The van der Waals surface area contributed by atoms with E-state index in [0.717, 1.165) is 12.2 Å². The van der Waals surface area contributed by atoms with Crippen molar-refractivity contribution in [2.75, 3.05) is 40.0 Å².